The Morgan fingerprint density at radius 2 is 1.63 bits per heavy atom. The van der Waals surface area contributed by atoms with Crippen molar-refractivity contribution in [2.75, 3.05) is 34.2 Å². The fourth-order valence-corrected chi connectivity index (χ4v) is 1.59. The predicted molar refractivity (Wildman–Crippen MR) is 75.3 cm³/mol. The zero-order chi connectivity index (χ0) is 14.3. The van der Waals surface area contributed by atoms with E-state index in [1.807, 2.05) is 7.05 Å². The molecule has 0 saturated heterocycles. The van der Waals surface area contributed by atoms with E-state index in [-0.39, 0.29) is 11.8 Å². The van der Waals surface area contributed by atoms with Gasteiger partial charge in [-0.25, -0.2) is 0 Å². The molecule has 5 heteroatoms. The number of hydrogen-bond donors (Lipinski definition) is 2. The average molecular weight is 263 g/mol. The van der Waals surface area contributed by atoms with Crippen molar-refractivity contribution in [3.8, 4) is 0 Å². The lowest BCUT2D eigenvalue weighted by Gasteiger charge is -2.10. The van der Waals surface area contributed by atoms with Gasteiger partial charge in [-0.1, -0.05) is 0 Å². The third-order valence-corrected chi connectivity index (χ3v) is 2.69. The maximum atomic E-state index is 11.8. The lowest BCUT2D eigenvalue weighted by atomic mass is 10.1. The van der Waals surface area contributed by atoms with Gasteiger partial charge in [0.2, 0.25) is 0 Å². The minimum Gasteiger partial charge on any atom is -0.352 e. The van der Waals surface area contributed by atoms with Gasteiger partial charge in [-0.2, -0.15) is 0 Å². The number of carbonyl (C=O) groups excluding carboxylic acids is 2. The molecule has 1 aromatic carbocycles. The number of benzene rings is 1. The number of hydrogen-bond acceptors (Lipinski definition) is 3. The molecule has 2 amide bonds. The molecule has 104 valence electrons. The monoisotopic (exact) mass is 263 g/mol. The number of rotatable bonds is 6. The van der Waals surface area contributed by atoms with E-state index in [9.17, 15) is 9.59 Å². The van der Waals surface area contributed by atoms with Crippen LogP contribution in [0.15, 0.2) is 24.3 Å². The van der Waals surface area contributed by atoms with Crippen molar-refractivity contribution in [1.29, 1.82) is 0 Å². The number of nitrogens with zero attached hydrogens (tertiary/aromatic N) is 1. The highest BCUT2D eigenvalue weighted by Gasteiger charge is 2.09. The molecule has 0 unspecified atom stereocenters. The normalized spacial score (nSPS) is 10.1. The predicted octanol–water partition coefficient (Wildman–Crippen LogP) is 0.728. The van der Waals surface area contributed by atoms with E-state index < -0.39 is 0 Å². The molecule has 2 N–H and O–H groups in total. The maximum absolute atomic E-state index is 11.8. The Kier molecular flexibility index (Phi) is 6.02. The standard InChI is InChI=1S/C14H21N3O2/c1-15-9-4-10-16-13(18)11-5-7-12(8-6-11)14(19)17(2)3/h5-8,15H,4,9-10H2,1-3H3,(H,16,18). The van der Waals surface area contributed by atoms with Crippen LogP contribution in [0.25, 0.3) is 0 Å². The van der Waals surface area contributed by atoms with E-state index in [0.717, 1.165) is 13.0 Å². The minimum atomic E-state index is -0.111. The van der Waals surface area contributed by atoms with E-state index in [2.05, 4.69) is 10.6 Å². The number of carbonyl (C=O) groups is 2. The zero-order valence-electron chi connectivity index (χ0n) is 11.7. The fraction of sp³-hybridized carbons (Fsp3) is 0.429. The van der Waals surface area contributed by atoms with E-state index in [1.165, 1.54) is 4.90 Å². The van der Waals surface area contributed by atoms with Crippen molar-refractivity contribution in [3.05, 3.63) is 35.4 Å². The molecule has 0 aliphatic heterocycles. The van der Waals surface area contributed by atoms with Gasteiger partial charge in [0.05, 0.1) is 0 Å². The summed E-state index contributed by atoms with van der Waals surface area (Å²) >= 11 is 0. The summed E-state index contributed by atoms with van der Waals surface area (Å²) < 4.78 is 0. The number of nitrogens with one attached hydrogen (secondary N) is 2. The third-order valence-electron chi connectivity index (χ3n) is 2.69. The van der Waals surface area contributed by atoms with Gasteiger partial charge in [0.1, 0.15) is 0 Å². The van der Waals surface area contributed by atoms with Crippen LogP contribution in [-0.2, 0) is 0 Å². The maximum Gasteiger partial charge on any atom is 0.253 e. The smallest absolute Gasteiger partial charge is 0.253 e. The summed E-state index contributed by atoms with van der Waals surface area (Å²) in [5.74, 6) is -0.180. The van der Waals surface area contributed by atoms with Crippen LogP contribution in [0, 0.1) is 0 Å². The molecule has 0 aromatic heterocycles. The summed E-state index contributed by atoms with van der Waals surface area (Å²) in [4.78, 5) is 25.0. The van der Waals surface area contributed by atoms with E-state index in [4.69, 9.17) is 0 Å². The van der Waals surface area contributed by atoms with Crippen molar-refractivity contribution in [2.45, 2.75) is 6.42 Å². The Labute approximate surface area is 114 Å². The summed E-state index contributed by atoms with van der Waals surface area (Å²) in [6.07, 6.45) is 0.888. The van der Waals surface area contributed by atoms with Gasteiger partial charge >= 0.3 is 0 Å². The lowest BCUT2D eigenvalue weighted by Crippen LogP contribution is -2.26. The second-order valence-corrected chi connectivity index (χ2v) is 4.49. The Balaban J connectivity index is 2.56. The molecule has 5 nitrogen and oxygen atoms in total. The Bertz CT molecular complexity index is 427. The first-order valence-corrected chi connectivity index (χ1v) is 6.30. The lowest BCUT2D eigenvalue weighted by molar-refractivity contribution is 0.0826. The van der Waals surface area contributed by atoms with Crippen molar-refractivity contribution in [1.82, 2.24) is 15.5 Å². The molecule has 0 bridgehead atoms. The molecule has 0 fully saturated rings. The first kappa shape index (κ1) is 15.2. The second kappa shape index (κ2) is 7.53. The van der Waals surface area contributed by atoms with E-state index in [0.29, 0.717) is 17.7 Å². The van der Waals surface area contributed by atoms with Gasteiger partial charge in [-0.15, -0.1) is 0 Å². The Hall–Kier alpha value is -1.88. The van der Waals surface area contributed by atoms with Gasteiger partial charge in [-0.3, -0.25) is 9.59 Å². The van der Waals surface area contributed by atoms with Crippen molar-refractivity contribution in [3.63, 3.8) is 0 Å². The van der Waals surface area contributed by atoms with Crippen LogP contribution in [0.5, 0.6) is 0 Å². The largest absolute Gasteiger partial charge is 0.352 e. The molecule has 1 rings (SSSR count). The fourth-order valence-electron chi connectivity index (χ4n) is 1.59. The highest BCUT2D eigenvalue weighted by molar-refractivity contribution is 5.97. The van der Waals surface area contributed by atoms with Gasteiger partial charge in [0.25, 0.3) is 11.8 Å². The summed E-state index contributed by atoms with van der Waals surface area (Å²) in [6, 6.07) is 6.68. The van der Waals surface area contributed by atoms with Crippen LogP contribution in [0.1, 0.15) is 27.1 Å². The van der Waals surface area contributed by atoms with Crippen LogP contribution >= 0.6 is 0 Å². The first-order chi connectivity index (χ1) is 9.06. The summed E-state index contributed by atoms with van der Waals surface area (Å²) in [5.41, 5.74) is 1.15. The van der Waals surface area contributed by atoms with Crippen molar-refractivity contribution >= 4 is 11.8 Å². The van der Waals surface area contributed by atoms with Gasteiger partial charge in [0.15, 0.2) is 0 Å². The third kappa shape index (κ3) is 4.71. The highest BCUT2D eigenvalue weighted by Crippen LogP contribution is 2.06. The second-order valence-electron chi connectivity index (χ2n) is 4.49. The average Bonchev–Trinajstić information content (AvgIpc) is 2.42. The molecule has 1 aromatic rings. The van der Waals surface area contributed by atoms with Crippen LogP contribution in [0.2, 0.25) is 0 Å². The van der Waals surface area contributed by atoms with Gasteiger partial charge < -0.3 is 15.5 Å². The van der Waals surface area contributed by atoms with Crippen molar-refractivity contribution in [2.24, 2.45) is 0 Å². The Morgan fingerprint density at radius 3 is 2.16 bits per heavy atom. The Morgan fingerprint density at radius 1 is 1.05 bits per heavy atom. The molecular weight excluding hydrogens is 242 g/mol. The summed E-state index contributed by atoms with van der Waals surface area (Å²) in [5, 5.41) is 5.85. The van der Waals surface area contributed by atoms with Crippen LogP contribution in [-0.4, -0.2) is 50.9 Å². The highest BCUT2D eigenvalue weighted by atomic mass is 16.2. The molecule has 0 spiro atoms. The van der Waals surface area contributed by atoms with E-state index >= 15 is 0 Å². The van der Waals surface area contributed by atoms with Crippen LogP contribution < -0.4 is 10.6 Å². The summed E-state index contributed by atoms with van der Waals surface area (Å²) in [7, 11) is 5.28. The molecule has 0 aliphatic carbocycles. The molecule has 19 heavy (non-hydrogen) atoms. The van der Waals surface area contributed by atoms with Gasteiger partial charge in [0, 0.05) is 31.8 Å². The van der Waals surface area contributed by atoms with Crippen molar-refractivity contribution < 1.29 is 9.59 Å². The van der Waals surface area contributed by atoms with Gasteiger partial charge in [-0.05, 0) is 44.3 Å². The molecule has 0 heterocycles. The SMILES string of the molecule is CNCCCNC(=O)c1ccc(C(=O)N(C)C)cc1. The molecule has 0 atom stereocenters. The van der Waals surface area contributed by atoms with Crippen LogP contribution in [0.4, 0.5) is 0 Å². The molecule has 0 aliphatic rings. The summed E-state index contributed by atoms with van der Waals surface area (Å²) in [6.45, 7) is 1.51. The van der Waals surface area contributed by atoms with Crippen LogP contribution in [0.3, 0.4) is 0 Å². The molecule has 0 radical (unpaired) electrons. The quantitative estimate of drug-likeness (QED) is 0.744. The van der Waals surface area contributed by atoms with E-state index in [1.54, 1.807) is 38.4 Å². The first-order valence-electron chi connectivity index (χ1n) is 6.30. The molecule has 0 saturated carbocycles. The zero-order valence-corrected chi connectivity index (χ0v) is 11.7. The molecular formula is C14H21N3O2. The minimum absolute atomic E-state index is 0.0685. The topological polar surface area (TPSA) is 61.4 Å². The number of amides is 2.